The van der Waals surface area contributed by atoms with Crippen molar-refractivity contribution in [3.8, 4) is 57.9 Å². The first-order valence-corrected chi connectivity index (χ1v) is 29.4. The van der Waals surface area contributed by atoms with Crippen molar-refractivity contribution in [3.63, 3.8) is 0 Å². The molecule has 35 heteroatoms. The molecule has 10 N–H and O–H groups in total. The quantitative estimate of drug-likeness (QED) is 0.0204. The number of hydrogen-bond donors (Lipinski definition) is 7. The average molecular weight is 1470 g/mol. The van der Waals surface area contributed by atoms with Gasteiger partial charge in [-0.15, -0.1) is 20.4 Å². The van der Waals surface area contributed by atoms with Crippen LogP contribution >= 0.6 is 15.9 Å². The van der Waals surface area contributed by atoms with E-state index in [1.165, 1.54) is 74.7 Å². The summed E-state index contributed by atoms with van der Waals surface area (Å²) < 4.78 is 170. The second-order valence-corrected chi connectivity index (χ2v) is 20.4. The highest BCUT2D eigenvalue weighted by Crippen LogP contribution is 2.36. The van der Waals surface area contributed by atoms with Gasteiger partial charge in [0.15, 0.2) is 0 Å². The van der Waals surface area contributed by atoms with Gasteiger partial charge < -0.3 is 56.0 Å². The minimum absolute atomic E-state index is 0. The summed E-state index contributed by atoms with van der Waals surface area (Å²) in [4.78, 5) is 1.27. The molecule has 0 bridgehead atoms. The molecule has 100 heavy (non-hydrogen) atoms. The van der Waals surface area contributed by atoms with Gasteiger partial charge in [0.25, 0.3) is 0 Å². The molecule has 0 spiro atoms. The van der Waals surface area contributed by atoms with Crippen molar-refractivity contribution in [1.29, 1.82) is 10.5 Å². The number of H-pyrrole nitrogens is 1. The number of aliphatic hydroxyl groups is 2. The fourth-order valence-corrected chi connectivity index (χ4v) is 8.00. The predicted octanol–water partition coefficient (Wildman–Crippen LogP) is 12.6. The summed E-state index contributed by atoms with van der Waals surface area (Å²) >= 11 is 3.00. The van der Waals surface area contributed by atoms with E-state index in [1.54, 1.807) is 73.8 Å². The molecule has 0 amide bonds. The summed E-state index contributed by atoms with van der Waals surface area (Å²) in [6.07, 6.45) is -17.0. The number of aliphatic hydroxyl groups excluding tert-OH is 2. The fraction of sp³-hybridized carbons (Fsp3) is 0.200. The molecular formula is C65H60BBrF12N13O8. The minimum atomic E-state index is -4.37. The van der Waals surface area contributed by atoms with Crippen LogP contribution in [0, 0.1) is 22.7 Å². The lowest BCUT2D eigenvalue weighted by molar-refractivity contribution is -0.138. The largest absolute Gasteiger partial charge is 0.497 e. The van der Waals surface area contributed by atoms with Gasteiger partial charge in [-0.1, -0.05) is 63.9 Å². The van der Waals surface area contributed by atoms with Gasteiger partial charge in [-0.05, 0) is 155 Å². The normalized spacial score (nSPS) is 10.7. The van der Waals surface area contributed by atoms with Crippen molar-refractivity contribution in [1.82, 2.24) is 40.8 Å². The topological polar surface area (TPSA) is 325 Å². The third kappa shape index (κ3) is 25.5. The van der Waals surface area contributed by atoms with Crippen molar-refractivity contribution in [3.05, 3.63) is 214 Å². The van der Waals surface area contributed by atoms with E-state index < -0.39 is 47.0 Å². The second kappa shape index (κ2) is 38.8. The zero-order valence-corrected chi connectivity index (χ0v) is 54.4. The molecule has 527 valence electrons. The molecule has 8 aromatic carbocycles. The van der Waals surface area contributed by atoms with Crippen molar-refractivity contribution in [2.75, 3.05) is 63.4 Å². The first-order chi connectivity index (χ1) is 47.0. The molecule has 10 aromatic rings. The van der Waals surface area contributed by atoms with E-state index in [4.69, 9.17) is 50.4 Å². The third-order valence-electron chi connectivity index (χ3n) is 13.0. The first kappa shape index (κ1) is 81.5. The highest BCUT2D eigenvalue weighted by atomic mass is 79.9. The maximum Gasteiger partial charge on any atom is 0.416 e. The third-order valence-corrected chi connectivity index (χ3v) is 13.3. The van der Waals surface area contributed by atoms with Crippen LogP contribution in [0.25, 0.3) is 22.8 Å². The van der Waals surface area contributed by atoms with Gasteiger partial charge in [0.05, 0.1) is 92.8 Å². The number of methoxy groups -OCH3 is 4. The molecule has 0 atom stereocenters. The Kier molecular flexibility index (Phi) is 31.6. The number of halogens is 13. The number of nitrogen functional groups attached to an aromatic ring is 1. The zero-order valence-electron chi connectivity index (χ0n) is 52.8. The van der Waals surface area contributed by atoms with Gasteiger partial charge in [0, 0.05) is 33.6 Å². The van der Waals surface area contributed by atoms with Crippen molar-refractivity contribution >= 4 is 57.3 Å². The van der Waals surface area contributed by atoms with Crippen molar-refractivity contribution in [2.45, 2.75) is 37.7 Å². The molecule has 0 aliphatic heterocycles. The number of rotatable bonds is 16. The van der Waals surface area contributed by atoms with E-state index >= 15 is 0 Å². The van der Waals surface area contributed by atoms with E-state index in [2.05, 4.69) is 62.6 Å². The number of aromatic nitrogens is 8. The Balaban J connectivity index is 0.000000270. The van der Waals surface area contributed by atoms with Crippen molar-refractivity contribution < 1.29 is 92.3 Å². The van der Waals surface area contributed by atoms with Crippen LogP contribution in [0.1, 0.15) is 44.5 Å². The lowest BCUT2D eigenvalue weighted by Crippen LogP contribution is -2.14. The van der Waals surface area contributed by atoms with E-state index in [9.17, 15) is 52.7 Å². The van der Waals surface area contributed by atoms with E-state index in [1.807, 2.05) is 18.2 Å². The Morgan fingerprint density at radius 2 is 0.960 bits per heavy atom. The maximum absolute atomic E-state index is 12.7. The summed E-state index contributed by atoms with van der Waals surface area (Å²) in [7, 11) is 6.84. The molecule has 0 unspecified atom stereocenters. The number of nitriles is 2. The Morgan fingerprint density at radius 3 is 1.39 bits per heavy atom. The maximum atomic E-state index is 12.7. The van der Waals surface area contributed by atoms with E-state index in [0.717, 1.165) is 67.1 Å². The number of hydrogen-bond acceptors (Lipinski definition) is 18. The Bertz CT molecular complexity index is 4200. The van der Waals surface area contributed by atoms with Gasteiger partial charge >= 0.3 is 32.2 Å². The molecule has 21 nitrogen and oxygen atoms in total. The smallest absolute Gasteiger partial charge is 0.416 e. The SMILES string of the molecule is COc1ccc(Cc2ccc(C(F)(F)F)cc2)c(-c2nnn(CCO)n2)c1.COc1ccc(N)c(C#N)c1.COc1ccc(Nc2ccc(C(F)(F)F)cc2)c(-c2nn[nH]n2)c1.COc1ccc(Nc2ccc(C(F)(F)F)cc2)c(C#N)c1.O.OCCBr.O[B]c1ccc(C(F)(F)F)cc1. The number of nitrogens with zero attached hydrogens (tertiary/aromatic N) is 9. The predicted molar refractivity (Wildman–Crippen MR) is 350 cm³/mol. The summed E-state index contributed by atoms with van der Waals surface area (Å²) in [5.74, 6) is 3.06. The van der Waals surface area contributed by atoms with Gasteiger partial charge in [-0.2, -0.15) is 73.2 Å². The number of alkyl halides is 13. The monoisotopic (exact) mass is 1470 g/mol. The average Bonchev–Trinajstić information content (AvgIpc) is 1.41. The van der Waals surface area contributed by atoms with Crippen LogP contribution in [0.2, 0.25) is 0 Å². The summed E-state index contributed by atoms with van der Waals surface area (Å²) in [5, 5.41) is 75.3. The molecule has 10 rings (SSSR count). The number of aromatic amines is 1. The van der Waals surface area contributed by atoms with E-state index in [0.29, 0.717) is 103 Å². The second-order valence-electron chi connectivity index (χ2n) is 19.6. The number of tetrazole rings is 2. The lowest BCUT2D eigenvalue weighted by atomic mass is 9.88. The van der Waals surface area contributed by atoms with Gasteiger partial charge in [-0.3, -0.25) is 0 Å². The standard InChI is InChI=1S/C18H17F3N4O2.C15H12F3N5O.C15H11F3N2O.C8H8N2O.C7H5BF3O.C2H5BrO.H2O/c1-27-15-7-4-13(10-12-2-5-14(6-3-12)18(19,20)21)16(11-15)17-22-24-25(23-17)8-9-26;1-24-11-6-7-13(12(8-11)14-20-22-23-21-14)19-10-4-2-9(3-5-10)15(16,17)18;1-21-13-6-7-14(10(8-13)9-19)20-12-4-2-11(3-5-12)15(16,17)18;1-11-7-2-3-8(10)6(4-7)5-9;9-7(10,11)5-1-3-6(8-12)4-2-5;3-1-2-4;/h2-7,11,26H,8-10H2,1H3;2-8,19H,1H3,(H,20,21,22,23);2-8,20H,1H3;2-4H,10H2,1H3;1-4,12H;4H,1-2H2;1H2. The van der Waals surface area contributed by atoms with Crippen molar-refractivity contribution in [2.24, 2.45) is 0 Å². The highest BCUT2D eigenvalue weighted by molar-refractivity contribution is 9.09. The highest BCUT2D eigenvalue weighted by Gasteiger charge is 2.33. The number of nitrogens with two attached hydrogens (primary N) is 1. The van der Waals surface area contributed by atoms with Gasteiger partial charge in [0.2, 0.25) is 11.6 Å². The van der Waals surface area contributed by atoms with E-state index in [-0.39, 0.29) is 25.2 Å². The number of nitrogens with one attached hydrogen (secondary N) is 3. The molecule has 0 aliphatic carbocycles. The summed E-state index contributed by atoms with van der Waals surface area (Å²) in [6.45, 7) is 0.331. The van der Waals surface area contributed by atoms with Crippen LogP contribution in [0.5, 0.6) is 23.0 Å². The molecule has 0 fully saturated rings. The van der Waals surface area contributed by atoms with Crippen LogP contribution in [0.15, 0.2) is 170 Å². The number of anilines is 5. The van der Waals surface area contributed by atoms with Crippen LogP contribution in [-0.2, 0) is 37.7 Å². The number of benzene rings is 8. The summed E-state index contributed by atoms with van der Waals surface area (Å²) in [5.41, 5.74) is 9.14. The zero-order chi connectivity index (χ0) is 72.9. The van der Waals surface area contributed by atoms with Crippen LogP contribution in [0.4, 0.5) is 81.1 Å². The molecular weight excluding hydrogens is 1410 g/mol. The summed E-state index contributed by atoms with van der Waals surface area (Å²) in [6, 6.07) is 42.9. The van der Waals surface area contributed by atoms with Crippen LogP contribution < -0.4 is 40.8 Å². The number of ether oxygens (including phenoxy) is 4. The molecule has 0 aliphatic rings. The van der Waals surface area contributed by atoms with Crippen LogP contribution in [0.3, 0.4) is 0 Å². The lowest BCUT2D eigenvalue weighted by Gasteiger charge is -2.13. The molecule has 1 radical (unpaired) electrons. The Morgan fingerprint density at radius 1 is 0.540 bits per heavy atom. The fourth-order valence-electron chi connectivity index (χ4n) is 8.00. The minimum Gasteiger partial charge on any atom is -0.497 e. The molecule has 2 heterocycles. The Hall–Kier alpha value is -11.0. The molecule has 0 saturated heterocycles. The van der Waals surface area contributed by atoms with Gasteiger partial charge in [-0.25, -0.2) is 0 Å². The first-order valence-electron chi connectivity index (χ1n) is 28.3. The molecule has 2 aromatic heterocycles. The van der Waals surface area contributed by atoms with Gasteiger partial charge in [0.1, 0.15) is 35.1 Å². The Labute approximate surface area is 572 Å². The molecule has 0 saturated carbocycles. The van der Waals surface area contributed by atoms with Crippen LogP contribution in [-0.4, -0.2) is 116 Å².